The van der Waals surface area contributed by atoms with E-state index in [1.165, 1.54) is 0 Å². The number of imidazole rings is 1. The molecule has 0 spiro atoms. The minimum absolute atomic E-state index is 0.134. The van der Waals surface area contributed by atoms with Crippen LogP contribution < -0.4 is 10.5 Å². The Morgan fingerprint density at radius 1 is 1.50 bits per heavy atom. The molecule has 1 aromatic carbocycles. The fourth-order valence-electron chi connectivity index (χ4n) is 1.97. The van der Waals surface area contributed by atoms with Crippen molar-refractivity contribution in [1.29, 1.82) is 0 Å². The molecular weight excluding hydrogens is 250 g/mol. The van der Waals surface area contributed by atoms with E-state index in [0.717, 1.165) is 17.0 Å². The number of benzene rings is 1. The van der Waals surface area contributed by atoms with E-state index in [4.69, 9.17) is 22.1 Å². The standard InChI is InChI=1S/C13H16ClN3O/c1-17-8-16-7-12(17)11(15)6-9-5-10(14)3-4-13(9)18-2/h3-5,7-8,11H,6,15H2,1-2H3. The highest BCUT2D eigenvalue weighted by Gasteiger charge is 2.13. The highest BCUT2D eigenvalue weighted by Crippen LogP contribution is 2.26. The molecule has 0 radical (unpaired) electrons. The van der Waals surface area contributed by atoms with Crippen molar-refractivity contribution in [2.75, 3.05) is 7.11 Å². The molecule has 2 N–H and O–H groups in total. The summed E-state index contributed by atoms with van der Waals surface area (Å²) in [5.41, 5.74) is 8.17. The molecular formula is C13H16ClN3O. The normalized spacial score (nSPS) is 12.4. The number of aromatic nitrogens is 2. The monoisotopic (exact) mass is 265 g/mol. The van der Waals surface area contributed by atoms with Crippen molar-refractivity contribution in [3.63, 3.8) is 0 Å². The highest BCUT2D eigenvalue weighted by atomic mass is 35.5. The van der Waals surface area contributed by atoms with Gasteiger partial charge in [-0.05, 0) is 30.2 Å². The van der Waals surface area contributed by atoms with Crippen LogP contribution in [0.1, 0.15) is 17.3 Å². The number of hydrogen-bond donors (Lipinski definition) is 1. The van der Waals surface area contributed by atoms with Crippen LogP contribution in [0.5, 0.6) is 5.75 Å². The second kappa shape index (κ2) is 5.42. The van der Waals surface area contributed by atoms with E-state index >= 15 is 0 Å². The molecule has 0 saturated heterocycles. The Labute approximate surface area is 111 Å². The van der Waals surface area contributed by atoms with Crippen molar-refractivity contribution in [3.05, 3.63) is 47.0 Å². The Hall–Kier alpha value is -1.52. The Kier molecular flexibility index (Phi) is 3.89. The van der Waals surface area contributed by atoms with E-state index in [1.54, 1.807) is 25.7 Å². The van der Waals surface area contributed by atoms with Crippen LogP contribution in [0.15, 0.2) is 30.7 Å². The van der Waals surface area contributed by atoms with Gasteiger partial charge in [0, 0.05) is 18.3 Å². The molecule has 2 rings (SSSR count). The van der Waals surface area contributed by atoms with Crippen LogP contribution in [0.4, 0.5) is 0 Å². The van der Waals surface area contributed by atoms with Gasteiger partial charge in [0.1, 0.15) is 5.75 Å². The number of methoxy groups -OCH3 is 1. The molecule has 0 aliphatic heterocycles. The number of rotatable bonds is 4. The smallest absolute Gasteiger partial charge is 0.122 e. The van der Waals surface area contributed by atoms with Crippen LogP contribution in [0, 0.1) is 0 Å². The lowest BCUT2D eigenvalue weighted by Crippen LogP contribution is -2.16. The predicted molar refractivity (Wildman–Crippen MR) is 71.8 cm³/mol. The third-order valence-electron chi connectivity index (χ3n) is 2.92. The van der Waals surface area contributed by atoms with Crippen molar-refractivity contribution >= 4 is 11.6 Å². The number of halogens is 1. The van der Waals surface area contributed by atoms with Crippen LogP contribution in [0.25, 0.3) is 0 Å². The number of nitrogens with two attached hydrogens (primary N) is 1. The van der Waals surface area contributed by atoms with Gasteiger partial charge in [-0.25, -0.2) is 4.98 Å². The first-order valence-corrected chi connectivity index (χ1v) is 6.04. The molecule has 96 valence electrons. The molecule has 0 fully saturated rings. The molecule has 0 bridgehead atoms. The average Bonchev–Trinajstić information content (AvgIpc) is 2.76. The molecule has 0 aliphatic rings. The van der Waals surface area contributed by atoms with Crippen LogP contribution in [-0.2, 0) is 13.5 Å². The lowest BCUT2D eigenvalue weighted by atomic mass is 10.0. The van der Waals surface area contributed by atoms with Gasteiger partial charge in [0.15, 0.2) is 0 Å². The average molecular weight is 266 g/mol. The predicted octanol–water partition coefficient (Wildman–Crippen LogP) is 2.32. The summed E-state index contributed by atoms with van der Waals surface area (Å²) in [7, 11) is 3.57. The molecule has 1 atom stereocenters. The van der Waals surface area contributed by atoms with E-state index in [2.05, 4.69) is 4.98 Å². The molecule has 1 heterocycles. The minimum atomic E-state index is -0.134. The highest BCUT2D eigenvalue weighted by molar-refractivity contribution is 6.30. The summed E-state index contributed by atoms with van der Waals surface area (Å²) in [6.07, 6.45) is 4.18. The summed E-state index contributed by atoms with van der Waals surface area (Å²) in [5.74, 6) is 0.803. The Morgan fingerprint density at radius 3 is 2.89 bits per heavy atom. The molecule has 18 heavy (non-hydrogen) atoms. The van der Waals surface area contributed by atoms with Gasteiger partial charge in [0.25, 0.3) is 0 Å². The maximum absolute atomic E-state index is 6.19. The molecule has 2 aromatic rings. The maximum Gasteiger partial charge on any atom is 0.122 e. The zero-order valence-corrected chi connectivity index (χ0v) is 11.2. The summed E-state index contributed by atoms with van der Waals surface area (Å²) < 4.78 is 7.23. The molecule has 4 nitrogen and oxygen atoms in total. The van der Waals surface area contributed by atoms with Gasteiger partial charge in [-0.3, -0.25) is 0 Å². The number of hydrogen-bond acceptors (Lipinski definition) is 3. The molecule has 0 saturated carbocycles. The van der Waals surface area contributed by atoms with E-state index in [0.29, 0.717) is 11.4 Å². The Balaban J connectivity index is 2.23. The quantitative estimate of drug-likeness (QED) is 0.923. The topological polar surface area (TPSA) is 53.1 Å². The van der Waals surface area contributed by atoms with Gasteiger partial charge in [-0.2, -0.15) is 0 Å². The van der Waals surface area contributed by atoms with E-state index < -0.39 is 0 Å². The van der Waals surface area contributed by atoms with Crippen LogP contribution >= 0.6 is 11.6 Å². The van der Waals surface area contributed by atoms with Gasteiger partial charge in [0.2, 0.25) is 0 Å². The molecule has 0 aliphatic carbocycles. The summed E-state index contributed by atoms with van der Waals surface area (Å²) in [5, 5.41) is 0.683. The van der Waals surface area contributed by atoms with Crippen molar-refractivity contribution in [1.82, 2.24) is 9.55 Å². The summed E-state index contributed by atoms with van der Waals surface area (Å²) in [6, 6.07) is 5.41. The summed E-state index contributed by atoms with van der Waals surface area (Å²) in [6.45, 7) is 0. The maximum atomic E-state index is 6.19. The lowest BCUT2D eigenvalue weighted by Gasteiger charge is -2.15. The van der Waals surface area contributed by atoms with E-state index in [9.17, 15) is 0 Å². The van der Waals surface area contributed by atoms with E-state index in [-0.39, 0.29) is 6.04 Å². The van der Waals surface area contributed by atoms with Crippen LogP contribution in [0.2, 0.25) is 5.02 Å². The Morgan fingerprint density at radius 2 is 2.28 bits per heavy atom. The first kappa shape index (κ1) is 12.9. The fourth-order valence-corrected chi connectivity index (χ4v) is 2.17. The second-order valence-electron chi connectivity index (χ2n) is 4.20. The minimum Gasteiger partial charge on any atom is -0.496 e. The summed E-state index contributed by atoms with van der Waals surface area (Å²) >= 11 is 6.00. The largest absolute Gasteiger partial charge is 0.496 e. The van der Waals surface area contributed by atoms with Gasteiger partial charge in [0.05, 0.1) is 25.2 Å². The summed E-state index contributed by atoms with van der Waals surface area (Å²) in [4.78, 5) is 4.07. The molecule has 1 unspecified atom stereocenters. The van der Waals surface area contributed by atoms with Crippen molar-refractivity contribution in [3.8, 4) is 5.75 Å². The first-order chi connectivity index (χ1) is 8.61. The second-order valence-corrected chi connectivity index (χ2v) is 4.63. The number of nitrogens with zero attached hydrogens (tertiary/aromatic N) is 2. The van der Waals surface area contributed by atoms with Crippen LogP contribution in [-0.4, -0.2) is 16.7 Å². The molecule has 1 aromatic heterocycles. The molecule has 0 amide bonds. The fraction of sp³-hybridized carbons (Fsp3) is 0.308. The van der Waals surface area contributed by atoms with Crippen molar-refractivity contribution in [2.24, 2.45) is 12.8 Å². The van der Waals surface area contributed by atoms with Gasteiger partial charge in [-0.15, -0.1) is 0 Å². The third kappa shape index (κ3) is 2.66. The van der Waals surface area contributed by atoms with Crippen LogP contribution in [0.3, 0.4) is 0 Å². The Bertz CT molecular complexity index is 539. The van der Waals surface area contributed by atoms with Gasteiger partial charge >= 0.3 is 0 Å². The lowest BCUT2D eigenvalue weighted by molar-refractivity contribution is 0.408. The number of ether oxygens (including phenoxy) is 1. The SMILES string of the molecule is COc1ccc(Cl)cc1CC(N)c1cncn1C. The zero-order chi connectivity index (χ0) is 13.1. The molecule has 5 heteroatoms. The number of aryl methyl sites for hydroxylation is 1. The first-order valence-electron chi connectivity index (χ1n) is 5.66. The van der Waals surface area contributed by atoms with Gasteiger partial charge in [-0.1, -0.05) is 11.6 Å². The van der Waals surface area contributed by atoms with Crippen molar-refractivity contribution < 1.29 is 4.74 Å². The zero-order valence-electron chi connectivity index (χ0n) is 10.4. The third-order valence-corrected chi connectivity index (χ3v) is 3.15. The van der Waals surface area contributed by atoms with Gasteiger partial charge < -0.3 is 15.0 Å². The van der Waals surface area contributed by atoms with Crippen molar-refractivity contribution in [2.45, 2.75) is 12.5 Å². The van der Waals surface area contributed by atoms with E-state index in [1.807, 2.05) is 23.7 Å².